The van der Waals surface area contributed by atoms with E-state index >= 15 is 0 Å². The van der Waals surface area contributed by atoms with E-state index in [9.17, 15) is 9.18 Å². The number of ketones is 1. The molecule has 0 aliphatic heterocycles. The second-order valence-corrected chi connectivity index (χ2v) is 5.96. The smallest absolute Gasteiger partial charge is 0.167 e. The van der Waals surface area contributed by atoms with Crippen LogP contribution in [-0.4, -0.2) is 5.78 Å². The molecular formula is C18H16ClFO. The second kappa shape index (κ2) is 5.98. The molecule has 0 spiro atoms. The van der Waals surface area contributed by atoms with E-state index in [4.69, 9.17) is 11.6 Å². The van der Waals surface area contributed by atoms with E-state index in [0.29, 0.717) is 16.5 Å². The van der Waals surface area contributed by atoms with Crippen LogP contribution in [0.5, 0.6) is 0 Å². The van der Waals surface area contributed by atoms with Crippen LogP contribution in [-0.2, 0) is 6.42 Å². The monoisotopic (exact) mass is 302 g/mol. The molecule has 108 valence electrons. The van der Waals surface area contributed by atoms with E-state index in [-0.39, 0.29) is 17.8 Å². The Balaban J connectivity index is 1.82. The van der Waals surface area contributed by atoms with E-state index in [1.807, 2.05) is 12.1 Å². The molecule has 1 nitrogen and oxygen atoms in total. The number of Topliss-reactive ketones (excluding diaryl/α,β-unsaturated/α-hetero) is 1. The summed E-state index contributed by atoms with van der Waals surface area (Å²) in [5, 5.41) is 0.304. The summed E-state index contributed by atoms with van der Waals surface area (Å²) in [6.45, 7) is 0. The first kappa shape index (κ1) is 14.3. The zero-order valence-corrected chi connectivity index (χ0v) is 12.4. The Labute approximate surface area is 128 Å². The summed E-state index contributed by atoms with van der Waals surface area (Å²) in [5.41, 5.74) is 2.13. The predicted molar refractivity (Wildman–Crippen MR) is 82.5 cm³/mol. The van der Waals surface area contributed by atoms with Crippen LogP contribution >= 0.6 is 11.6 Å². The summed E-state index contributed by atoms with van der Waals surface area (Å²) < 4.78 is 13.8. The van der Waals surface area contributed by atoms with Crippen molar-refractivity contribution in [2.24, 2.45) is 0 Å². The summed E-state index contributed by atoms with van der Waals surface area (Å²) >= 11 is 5.98. The zero-order chi connectivity index (χ0) is 14.8. The molecule has 2 aromatic rings. The third kappa shape index (κ3) is 3.01. The van der Waals surface area contributed by atoms with Gasteiger partial charge in [0.2, 0.25) is 0 Å². The highest BCUT2D eigenvalue weighted by atomic mass is 35.5. The third-order valence-corrected chi connectivity index (χ3v) is 4.54. The summed E-state index contributed by atoms with van der Waals surface area (Å²) in [6, 6.07) is 12.2. The summed E-state index contributed by atoms with van der Waals surface area (Å²) in [5.74, 6) is 0.0592. The Bertz CT molecular complexity index is 656. The number of benzene rings is 2. The molecule has 0 bridgehead atoms. The molecule has 3 heteroatoms. The number of hydrogen-bond acceptors (Lipinski definition) is 1. The van der Waals surface area contributed by atoms with Crippen LogP contribution in [0, 0.1) is 5.82 Å². The summed E-state index contributed by atoms with van der Waals surface area (Å²) in [4.78, 5) is 12.4. The van der Waals surface area contributed by atoms with Crippen molar-refractivity contribution in [1.29, 1.82) is 0 Å². The fourth-order valence-corrected chi connectivity index (χ4v) is 2.90. The standard InChI is InChI=1S/C18H16ClFO/c19-16-8-3-9-17(20)15(16)11-18(21)14-7-2-6-13(10-14)12-4-1-5-12/h2-3,6-10,12H,1,4-5,11H2. The first-order valence-electron chi connectivity index (χ1n) is 7.21. The van der Waals surface area contributed by atoms with Crippen molar-refractivity contribution in [2.75, 3.05) is 0 Å². The molecule has 0 aromatic heterocycles. The van der Waals surface area contributed by atoms with Gasteiger partial charge < -0.3 is 0 Å². The van der Waals surface area contributed by atoms with Gasteiger partial charge in [-0.25, -0.2) is 4.39 Å². The topological polar surface area (TPSA) is 17.1 Å². The van der Waals surface area contributed by atoms with Crippen molar-refractivity contribution in [1.82, 2.24) is 0 Å². The first-order valence-corrected chi connectivity index (χ1v) is 7.59. The minimum Gasteiger partial charge on any atom is -0.294 e. The quantitative estimate of drug-likeness (QED) is 0.712. The molecule has 21 heavy (non-hydrogen) atoms. The third-order valence-electron chi connectivity index (χ3n) is 4.18. The molecule has 3 rings (SSSR count). The molecule has 2 aromatic carbocycles. The highest BCUT2D eigenvalue weighted by Crippen LogP contribution is 2.36. The van der Waals surface area contributed by atoms with Gasteiger partial charge in [0.1, 0.15) is 5.82 Å². The number of halogens is 2. The number of carbonyl (C=O) groups is 1. The maximum absolute atomic E-state index is 13.8. The van der Waals surface area contributed by atoms with E-state index in [1.54, 1.807) is 18.2 Å². The lowest BCUT2D eigenvalue weighted by molar-refractivity contribution is 0.0991. The van der Waals surface area contributed by atoms with Gasteiger partial charge in [0.05, 0.1) is 0 Å². The highest BCUT2D eigenvalue weighted by Gasteiger charge is 2.20. The molecule has 0 saturated heterocycles. The Hall–Kier alpha value is -1.67. The van der Waals surface area contributed by atoms with Gasteiger partial charge in [-0.1, -0.05) is 42.3 Å². The molecule has 0 N–H and O–H groups in total. The van der Waals surface area contributed by atoms with Crippen molar-refractivity contribution in [3.05, 3.63) is 70.0 Å². The minimum atomic E-state index is -0.425. The fraction of sp³-hybridized carbons (Fsp3) is 0.278. The summed E-state index contributed by atoms with van der Waals surface area (Å²) in [7, 11) is 0. The van der Waals surface area contributed by atoms with Gasteiger partial charge >= 0.3 is 0 Å². The van der Waals surface area contributed by atoms with Crippen LogP contribution in [0.25, 0.3) is 0 Å². The lowest BCUT2D eigenvalue weighted by atomic mass is 9.79. The number of carbonyl (C=O) groups excluding carboxylic acids is 1. The fourth-order valence-electron chi connectivity index (χ4n) is 2.67. The van der Waals surface area contributed by atoms with Crippen LogP contribution in [0.4, 0.5) is 4.39 Å². The Kier molecular flexibility index (Phi) is 4.07. The van der Waals surface area contributed by atoms with Gasteiger partial charge in [-0.2, -0.15) is 0 Å². The average molecular weight is 303 g/mol. The van der Waals surface area contributed by atoms with Crippen LogP contribution in [0.15, 0.2) is 42.5 Å². The van der Waals surface area contributed by atoms with Crippen LogP contribution in [0.1, 0.15) is 46.7 Å². The van der Waals surface area contributed by atoms with E-state index in [2.05, 4.69) is 6.07 Å². The van der Waals surface area contributed by atoms with Crippen LogP contribution in [0.2, 0.25) is 5.02 Å². The largest absolute Gasteiger partial charge is 0.294 e. The second-order valence-electron chi connectivity index (χ2n) is 5.55. The molecule has 0 radical (unpaired) electrons. The zero-order valence-electron chi connectivity index (χ0n) is 11.6. The molecule has 0 unspecified atom stereocenters. The molecule has 1 fully saturated rings. The van der Waals surface area contributed by atoms with Crippen LogP contribution < -0.4 is 0 Å². The Morgan fingerprint density at radius 1 is 1.19 bits per heavy atom. The first-order chi connectivity index (χ1) is 10.1. The van der Waals surface area contributed by atoms with E-state index < -0.39 is 5.82 Å². The Morgan fingerprint density at radius 2 is 1.95 bits per heavy atom. The molecule has 1 aliphatic carbocycles. The minimum absolute atomic E-state index is 0.000370. The molecule has 1 saturated carbocycles. The molecule has 1 aliphatic rings. The van der Waals surface area contributed by atoms with Gasteiger partial charge in [0.25, 0.3) is 0 Å². The van der Waals surface area contributed by atoms with Gasteiger partial charge in [0, 0.05) is 22.6 Å². The van der Waals surface area contributed by atoms with E-state index in [0.717, 1.165) is 0 Å². The average Bonchev–Trinajstić information content (AvgIpc) is 2.41. The molecule has 0 amide bonds. The maximum atomic E-state index is 13.8. The van der Waals surface area contributed by atoms with Crippen LogP contribution in [0.3, 0.4) is 0 Å². The SMILES string of the molecule is O=C(Cc1c(F)cccc1Cl)c1cccc(C2CCC2)c1. The van der Waals surface area contributed by atoms with Crippen molar-refractivity contribution >= 4 is 17.4 Å². The van der Waals surface area contributed by atoms with Crippen molar-refractivity contribution in [2.45, 2.75) is 31.6 Å². The van der Waals surface area contributed by atoms with Crippen molar-refractivity contribution in [3.63, 3.8) is 0 Å². The maximum Gasteiger partial charge on any atom is 0.167 e. The lowest BCUT2D eigenvalue weighted by Gasteiger charge is -2.26. The van der Waals surface area contributed by atoms with Gasteiger partial charge in [-0.15, -0.1) is 0 Å². The number of hydrogen-bond donors (Lipinski definition) is 0. The lowest BCUT2D eigenvalue weighted by Crippen LogP contribution is -2.11. The van der Waals surface area contributed by atoms with E-state index in [1.165, 1.54) is 30.9 Å². The van der Waals surface area contributed by atoms with Crippen molar-refractivity contribution in [3.8, 4) is 0 Å². The molecule has 0 atom stereocenters. The van der Waals surface area contributed by atoms with Crippen molar-refractivity contribution < 1.29 is 9.18 Å². The number of rotatable bonds is 4. The normalized spacial score (nSPS) is 14.8. The van der Waals surface area contributed by atoms with Gasteiger partial charge in [-0.3, -0.25) is 4.79 Å². The van der Waals surface area contributed by atoms with Gasteiger partial charge in [-0.05, 0) is 42.5 Å². The molecule has 0 heterocycles. The predicted octanol–water partition coefficient (Wildman–Crippen LogP) is 5.17. The Morgan fingerprint density at radius 3 is 2.62 bits per heavy atom. The molecular weight excluding hydrogens is 287 g/mol. The highest BCUT2D eigenvalue weighted by molar-refractivity contribution is 6.31. The van der Waals surface area contributed by atoms with Gasteiger partial charge in [0.15, 0.2) is 5.78 Å². The summed E-state index contributed by atoms with van der Waals surface area (Å²) in [6.07, 6.45) is 3.64.